The molecular formula is C14H11N5O2S. The van der Waals surface area contributed by atoms with Crippen molar-refractivity contribution >= 4 is 22.9 Å². The number of anilines is 1. The van der Waals surface area contributed by atoms with Crippen LogP contribution >= 0.6 is 11.3 Å². The molecule has 110 valence electrons. The Bertz CT molecular complexity index is 873. The number of carbonyl (C=O) groups excluding carboxylic acids is 1. The number of H-pyrrole nitrogens is 1. The summed E-state index contributed by atoms with van der Waals surface area (Å²) in [5.41, 5.74) is 6.45. The third-order valence-corrected chi connectivity index (χ3v) is 3.91. The smallest absolute Gasteiger partial charge is 0.345 e. The Kier molecular flexibility index (Phi) is 3.75. The minimum Gasteiger partial charge on any atom is -0.382 e. The van der Waals surface area contributed by atoms with Gasteiger partial charge in [0.2, 0.25) is 0 Å². The van der Waals surface area contributed by atoms with Crippen LogP contribution in [0.15, 0.2) is 40.9 Å². The molecule has 3 N–H and O–H groups in total. The molecule has 0 aliphatic carbocycles. The van der Waals surface area contributed by atoms with Crippen molar-refractivity contribution in [2.45, 2.75) is 6.42 Å². The van der Waals surface area contributed by atoms with Crippen LogP contribution in [0.5, 0.6) is 0 Å². The zero-order valence-corrected chi connectivity index (χ0v) is 12.1. The topological polar surface area (TPSA) is 115 Å². The van der Waals surface area contributed by atoms with Crippen LogP contribution in [0.4, 0.5) is 5.82 Å². The van der Waals surface area contributed by atoms with E-state index in [0.717, 1.165) is 4.88 Å². The highest BCUT2D eigenvalue weighted by Gasteiger charge is 2.17. The Labute approximate surface area is 128 Å². The van der Waals surface area contributed by atoms with E-state index >= 15 is 0 Å². The van der Waals surface area contributed by atoms with E-state index in [0.29, 0.717) is 11.3 Å². The van der Waals surface area contributed by atoms with Crippen LogP contribution in [0.1, 0.15) is 16.2 Å². The van der Waals surface area contributed by atoms with E-state index in [1.807, 2.05) is 17.5 Å². The molecule has 3 aromatic rings. The lowest BCUT2D eigenvalue weighted by Crippen LogP contribution is -2.17. The zero-order chi connectivity index (χ0) is 15.5. The molecule has 0 radical (unpaired) electrons. The number of rotatable bonds is 4. The van der Waals surface area contributed by atoms with Crippen LogP contribution < -0.4 is 11.4 Å². The Hall–Kier alpha value is -2.87. The van der Waals surface area contributed by atoms with E-state index in [4.69, 9.17) is 5.73 Å². The maximum absolute atomic E-state index is 12.3. The summed E-state index contributed by atoms with van der Waals surface area (Å²) in [5, 5.41) is 1.91. The number of hydrogen-bond donors (Lipinski definition) is 2. The number of Topliss-reactive ketones (excluding diaryl/α,β-unsaturated/α-hetero) is 1. The molecule has 0 saturated heterocycles. The van der Waals surface area contributed by atoms with Gasteiger partial charge in [-0.2, -0.15) is 0 Å². The summed E-state index contributed by atoms with van der Waals surface area (Å²) in [6, 6.07) is 3.78. The van der Waals surface area contributed by atoms with E-state index in [1.165, 1.54) is 29.9 Å². The van der Waals surface area contributed by atoms with Gasteiger partial charge in [-0.1, -0.05) is 6.07 Å². The first-order valence-electron chi connectivity index (χ1n) is 6.37. The molecule has 3 rings (SSSR count). The van der Waals surface area contributed by atoms with Gasteiger partial charge in [-0.3, -0.25) is 4.79 Å². The van der Waals surface area contributed by atoms with E-state index in [2.05, 4.69) is 19.9 Å². The van der Waals surface area contributed by atoms with Crippen LogP contribution in [-0.2, 0) is 6.42 Å². The van der Waals surface area contributed by atoms with Crippen molar-refractivity contribution in [3.63, 3.8) is 0 Å². The molecule has 0 spiro atoms. The van der Waals surface area contributed by atoms with Crippen molar-refractivity contribution in [3.05, 3.63) is 58.0 Å². The highest BCUT2D eigenvalue weighted by molar-refractivity contribution is 7.13. The lowest BCUT2D eigenvalue weighted by Gasteiger charge is -2.07. The molecule has 0 fully saturated rings. The Morgan fingerprint density at radius 1 is 1.27 bits per heavy atom. The van der Waals surface area contributed by atoms with Gasteiger partial charge < -0.3 is 10.7 Å². The number of nitrogen functional groups attached to an aromatic ring is 1. The number of nitrogens with zero attached hydrogens (tertiary/aromatic N) is 3. The Morgan fingerprint density at radius 2 is 2.09 bits per heavy atom. The molecule has 3 aromatic heterocycles. The van der Waals surface area contributed by atoms with Crippen molar-refractivity contribution in [3.8, 4) is 10.4 Å². The van der Waals surface area contributed by atoms with Gasteiger partial charge in [-0.05, 0) is 11.4 Å². The van der Waals surface area contributed by atoms with E-state index in [-0.39, 0.29) is 23.7 Å². The maximum Gasteiger partial charge on any atom is 0.345 e. The van der Waals surface area contributed by atoms with Crippen molar-refractivity contribution < 1.29 is 4.79 Å². The highest BCUT2D eigenvalue weighted by Crippen LogP contribution is 2.26. The largest absolute Gasteiger partial charge is 0.382 e. The standard InChI is InChI=1S/C14H11N5O2S/c15-13-12(16-3-4-17-13)10(20)6-9-8(7-18-14(21)19-9)11-2-1-5-22-11/h1-5,7H,6H2,(H2,15,17)(H,18,19,21). The van der Waals surface area contributed by atoms with Gasteiger partial charge in [-0.25, -0.2) is 19.7 Å². The predicted molar refractivity (Wildman–Crippen MR) is 82.6 cm³/mol. The third kappa shape index (κ3) is 2.77. The molecule has 0 aliphatic heterocycles. The molecule has 8 heteroatoms. The van der Waals surface area contributed by atoms with Gasteiger partial charge in [0, 0.05) is 34.7 Å². The second kappa shape index (κ2) is 5.86. The second-order valence-corrected chi connectivity index (χ2v) is 5.40. The minimum absolute atomic E-state index is 0.0338. The summed E-state index contributed by atoms with van der Waals surface area (Å²) in [7, 11) is 0. The summed E-state index contributed by atoms with van der Waals surface area (Å²) >= 11 is 1.50. The second-order valence-electron chi connectivity index (χ2n) is 4.45. The van der Waals surface area contributed by atoms with Crippen LogP contribution in [0.2, 0.25) is 0 Å². The lowest BCUT2D eigenvalue weighted by atomic mass is 10.1. The number of hydrogen-bond acceptors (Lipinski definition) is 7. The van der Waals surface area contributed by atoms with Gasteiger partial charge in [0.25, 0.3) is 0 Å². The monoisotopic (exact) mass is 313 g/mol. The molecule has 0 amide bonds. The zero-order valence-electron chi connectivity index (χ0n) is 11.3. The molecule has 7 nitrogen and oxygen atoms in total. The van der Waals surface area contributed by atoms with Crippen LogP contribution in [-0.4, -0.2) is 25.7 Å². The fourth-order valence-electron chi connectivity index (χ4n) is 2.02. The van der Waals surface area contributed by atoms with Gasteiger partial charge in [0.05, 0.1) is 6.42 Å². The number of aromatic nitrogens is 4. The fourth-order valence-corrected chi connectivity index (χ4v) is 2.79. The minimum atomic E-state index is -0.504. The highest BCUT2D eigenvalue weighted by atomic mass is 32.1. The third-order valence-electron chi connectivity index (χ3n) is 3.01. The lowest BCUT2D eigenvalue weighted by molar-refractivity contribution is 0.0988. The summed E-state index contributed by atoms with van der Waals surface area (Å²) in [6.45, 7) is 0. The molecule has 0 atom stereocenters. The fraction of sp³-hybridized carbons (Fsp3) is 0.0714. The van der Waals surface area contributed by atoms with E-state index in [1.54, 1.807) is 0 Å². The summed E-state index contributed by atoms with van der Waals surface area (Å²) in [4.78, 5) is 38.9. The van der Waals surface area contributed by atoms with Gasteiger partial charge in [0.1, 0.15) is 5.69 Å². The number of carbonyl (C=O) groups is 1. The molecule has 0 unspecified atom stereocenters. The molecule has 22 heavy (non-hydrogen) atoms. The van der Waals surface area contributed by atoms with Crippen molar-refractivity contribution in [1.29, 1.82) is 0 Å². The van der Waals surface area contributed by atoms with E-state index < -0.39 is 5.69 Å². The normalized spacial score (nSPS) is 10.5. The SMILES string of the molecule is Nc1nccnc1C(=O)Cc1[nH]c(=O)ncc1-c1cccs1. The van der Waals surface area contributed by atoms with Crippen LogP contribution in [0.3, 0.4) is 0 Å². The maximum atomic E-state index is 12.3. The van der Waals surface area contributed by atoms with Crippen LogP contribution in [0.25, 0.3) is 10.4 Å². The summed E-state index contributed by atoms with van der Waals surface area (Å²) in [5.74, 6) is -0.244. The summed E-state index contributed by atoms with van der Waals surface area (Å²) in [6.07, 6.45) is 4.25. The van der Waals surface area contributed by atoms with Crippen molar-refractivity contribution in [2.24, 2.45) is 0 Å². The first kappa shape index (κ1) is 14.1. The first-order chi connectivity index (χ1) is 10.6. The Balaban J connectivity index is 1.99. The molecular weight excluding hydrogens is 302 g/mol. The van der Waals surface area contributed by atoms with Crippen molar-refractivity contribution in [1.82, 2.24) is 19.9 Å². The summed E-state index contributed by atoms with van der Waals surface area (Å²) < 4.78 is 0. The molecule has 0 saturated carbocycles. The number of thiophene rings is 1. The van der Waals surface area contributed by atoms with Crippen LogP contribution in [0, 0.1) is 0 Å². The van der Waals surface area contributed by atoms with Gasteiger partial charge in [0.15, 0.2) is 11.6 Å². The number of nitrogens with two attached hydrogens (primary N) is 1. The quantitative estimate of drug-likeness (QED) is 0.701. The van der Waals surface area contributed by atoms with Crippen molar-refractivity contribution in [2.75, 3.05) is 5.73 Å². The molecule has 0 bridgehead atoms. The number of aromatic amines is 1. The van der Waals surface area contributed by atoms with E-state index in [9.17, 15) is 9.59 Å². The molecule has 0 aliphatic rings. The number of nitrogens with one attached hydrogen (secondary N) is 1. The average molecular weight is 313 g/mol. The number of ketones is 1. The molecule has 0 aromatic carbocycles. The molecule has 3 heterocycles. The Morgan fingerprint density at radius 3 is 2.82 bits per heavy atom. The average Bonchev–Trinajstić information content (AvgIpc) is 3.02. The van der Waals surface area contributed by atoms with Gasteiger partial charge in [-0.15, -0.1) is 11.3 Å². The predicted octanol–water partition coefficient (Wildman–Crippen LogP) is 1.30. The van der Waals surface area contributed by atoms with Gasteiger partial charge >= 0.3 is 5.69 Å². The first-order valence-corrected chi connectivity index (χ1v) is 7.25.